The lowest BCUT2D eigenvalue weighted by Crippen LogP contribution is -2.08. The van der Waals surface area contributed by atoms with Gasteiger partial charge in [0.25, 0.3) is 0 Å². The van der Waals surface area contributed by atoms with Gasteiger partial charge in [-0.25, -0.2) is 18.0 Å². The zero-order chi connectivity index (χ0) is 12.1. The second kappa shape index (κ2) is 5.09. The first-order chi connectivity index (χ1) is 7.56. The van der Waals surface area contributed by atoms with Crippen molar-refractivity contribution in [2.24, 2.45) is 0 Å². The highest BCUT2D eigenvalue weighted by Crippen LogP contribution is 2.15. The van der Waals surface area contributed by atoms with Gasteiger partial charge >= 0.3 is 12.2 Å². The third kappa shape index (κ3) is 2.68. The van der Waals surface area contributed by atoms with Gasteiger partial charge in [0.1, 0.15) is 6.61 Å². The highest BCUT2D eigenvalue weighted by atomic mass is 19.2. The Morgan fingerprint density at radius 2 is 2.06 bits per heavy atom. The smallest absolute Gasteiger partial charge is 0.413 e. The van der Waals surface area contributed by atoms with Gasteiger partial charge in [-0.1, -0.05) is 0 Å². The molecule has 16 heavy (non-hydrogen) atoms. The van der Waals surface area contributed by atoms with Crippen molar-refractivity contribution in [1.82, 2.24) is 0 Å². The molecule has 0 aliphatic heterocycles. The predicted molar refractivity (Wildman–Crippen MR) is 45.8 cm³/mol. The number of rotatable bonds is 3. The number of carbonyl (C=O) groups excluding carboxylic acids is 1. The summed E-state index contributed by atoms with van der Waals surface area (Å²) >= 11 is 0. The molecule has 0 aliphatic rings. The van der Waals surface area contributed by atoms with Crippen LogP contribution in [0.3, 0.4) is 0 Å². The third-order valence-electron chi connectivity index (χ3n) is 1.65. The van der Waals surface area contributed by atoms with E-state index in [2.05, 4.69) is 9.53 Å². The first-order valence-corrected chi connectivity index (χ1v) is 4.02. The largest absolute Gasteiger partial charge is 0.452 e. The number of esters is 1. The van der Waals surface area contributed by atoms with Crippen LogP contribution in [0.15, 0.2) is 12.1 Å². The van der Waals surface area contributed by atoms with Crippen LogP contribution in [0, 0.1) is 17.5 Å². The summed E-state index contributed by atoms with van der Waals surface area (Å²) in [6.07, 6.45) is 0.442. The second-order valence-electron chi connectivity index (χ2n) is 2.69. The summed E-state index contributed by atoms with van der Waals surface area (Å²) < 4.78 is 42.6. The van der Waals surface area contributed by atoms with Crippen molar-refractivity contribution in [3.63, 3.8) is 0 Å². The van der Waals surface area contributed by atoms with E-state index in [1.807, 2.05) is 0 Å². The third-order valence-corrected chi connectivity index (χ3v) is 1.65. The van der Waals surface area contributed by atoms with Crippen LogP contribution >= 0.6 is 0 Å². The Hall–Kier alpha value is -2.14. The first kappa shape index (κ1) is 11.9. The van der Waals surface area contributed by atoms with Crippen LogP contribution in [0.2, 0.25) is 0 Å². The summed E-state index contributed by atoms with van der Waals surface area (Å²) in [6, 6.07) is 1.65. The second-order valence-corrected chi connectivity index (χ2v) is 2.69. The minimum absolute atomic E-state index is 0.321. The van der Waals surface area contributed by atoms with Crippen molar-refractivity contribution in [2.45, 2.75) is 6.61 Å². The van der Waals surface area contributed by atoms with Gasteiger partial charge in [0, 0.05) is 5.56 Å². The fourth-order valence-electron chi connectivity index (χ4n) is 0.911. The molecule has 0 amide bonds. The van der Waals surface area contributed by atoms with E-state index in [1.54, 1.807) is 0 Å². The molecule has 7 heteroatoms. The zero-order valence-corrected chi connectivity index (χ0v) is 7.78. The van der Waals surface area contributed by atoms with Gasteiger partial charge in [-0.3, -0.25) is 0 Å². The van der Waals surface area contributed by atoms with Gasteiger partial charge in [0.15, 0.2) is 17.5 Å². The van der Waals surface area contributed by atoms with Crippen molar-refractivity contribution < 1.29 is 27.5 Å². The Labute approximate surface area is 87.9 Å². The molecule has 0 atom stereocenters. The van der Waals surface area contributed by atoms with Crippen LogP contribution in [0.25, 0.3) is 5.53 Å². The van der Waals surface area contributed by atoms with Gasteiger partial charge in [0.05, 0.1) is 0 Å². The quantitative estimate of drug-likeness (QED) is 0.259. The van der Waals surface area contributed by atoms with E-state index >= 15 is 0 Å². The van der Waals surface area contributed by atoms with Crippen LogP contribution in [0.4, 0.5) is 13.2 Å². The minimum atomic E-state index is -1.63. The van der Waals surface area contributed by atoms with Crippen molar-refractivity contribution in [3.8, 4) is 0 Å². The Kier molecular flexibility index (Phi) is 3.79. The molecule has 1 aromatic carbocycles. The number of nitrogens with zero attached hydrogens (tertiary/aromatic N) is 2. The van der Waals surface area contributed by atoms with E-state index in [4.69, 9.17) is 5.53 Å². The van der Waals surface area contributed by atoms with Gasteiger partial charge in [-0.05, 0) is 12.1 Å². The molecule has 0 aliphatic carbocycles. The Bertz CT molecular complexity index is 470. The number of ether oxygens (including phenoxy) is 1. The molecule has 84 valence electrons. The minimum Gasteiger partial charge on any atom is -0.452 e. The van der Waals surface area contributed by atoms with Crippen LogP contribution < -0.4 is 0 Å². The number of benzene rings is 1. The van der Waals surface area contributed by atoms with E-state index in [1.165, 1.54) is 0 Å². The lowest BCUT2D eigenvalue weighted by molar-refractivity contribution is -0.140. The van der Waals surface area contributed by atoms with E-state index in [-0.39, 0.29) is 5.56 Å². The summed E-state index contributed by atoms with van der Waals surface area (Å²) in [6.45, 7) is -0.589. The van der Waals surface area contributed by atoms with E-state index in [0.717, 1.165) is 6.07 Å². The molecule has 1 aromatic rings. The standard InChI is InChI=1S/C9H5F3N2O2/c10-6-2-1-5(8(11)9(6)12)4-16-7(15)3-14-13/h1-3H,4H2. The van der Waals surface area contributed by atoms with Crippen LogP contribution in [-0.2, 0) is 16.1 Å². The molecule has 0 unspecified atom stereocenters. The lowest BCUT2D eigenvalue weighted by atomic mass is 10.2. The van der Waals surface area contributed by atoms with E-state index < -0.39 is 30.0 Å². The van der Waals surface area contributed by atoms with Gasteiger partial charge < -0.3 is 10.3 Å². The van der Waals surface area contributed by atoms with Crippen molar-refractivity contribution >= 4 is 12.2 Å². The number of hydrogen-bond donors (Lipinski definition) is 0. The maximum absolute atomic E-state index is 13.0. The van der Waals surface area contributed by atoms with Crippen molar-refractivity contribution in [2.75, 3.05) is 0 Å². The summed E-state index contributed by atoms with van der Waals surface area (Å²) in [5.74, 6) is -5.42. The topological polar surface area (TPSA) is 62.7 Å². The molecule has 4 nitrogen and oxygen atoms in total. The maximum atomic E-state index is 13.0. The van der Waals surface area contributed by atoms with E-state index in [9.17, 15) is 18.0 Å². The van der Waals surface area contributed by atoms with Crippen LogP contribution in [-0.4, -0.2) is 17.0 Å². The highest BCUT2D eigenvalue weighted by molar-refractivity contribution is 6.20. The molecule has 0 radical (unpaired) electrons. The molecule has 0 N–H and O–H groups in total. The molecule has 0 bridgehead atoms. The Balaban J connectivity index is 2.79. The first-order valence-electron chi connectivity index (χ1n) is 4.02. The van der Waals surface area contributed by atoms with Crippen LogP contribution in [0.1, 0.15) is 5.56 Å². The molecule has 0 saturated carbocycles. The van der Waals surface area contributed by atoms with E-state index in [0.29, 0.717) is 12.3 Å². The fraction of sp³-hybridized carbons (Fsp3) is 0.111. The number of halogens is 3. The normalized spacial score (nSPS) is 9.44. The van der Waals surface area contributed by atoms with Crippen molar-refractivity contribution in [3.05, 3.63) is 40.7 Å². The Morgan fingerprint density at radius 1 is 1.38 bits per heavy atom. The molecule has 0 fully saturated rings. The van der Waals surface area contributed by atoms with Gasteiger partial charge in [-0.2, -0.15) is 4.79 Å². The predicted octanol–water partition coefficient (Wildman–Crippen LogP) is 1.45. The summed E-state index contributed by atoms with van der Waals surface area (Å²) in [4.78, 5) is 13.0. The number of carbonyl (C=O) groups is 1. The van der Waals surface area contributed by atoms with Crippen molar-refractivity contribution in [1.29, 1.82) is 0 Å². The summed E-state index contributed by atoms with van der Waals surface area (Å²) in [5.41, 5.74) is 7.63. The molecule has 0 saturated heterocycles. The lowest BCUT2D eigenvalue weighted by Gasteiger charge is -2.03. The fourth-order valence-corrected chi connectivity index (χ4v) is 0.911. The maximum Gasteiger partial charge on any atom is 0.413 e. The molecule has 0 heterocycles. The molecular formula is C9H5F3N2O2. The van der Waals surface area contributed by atoms with Gasteiger partial charge in [-0.15, -0.1) is 0 Å². The highest BCUT2D eigenvalue weighted by Gasteiger charge is 2.14. The molecule has 1 rings (SSSR count). The molecule has 0 aromatic heterocycles. The zero-order valence-electron chi connectivity index (χ0n) is 7.78. The van der Waals surface area contributed by atoms with Gasteiger partial charge in [0.2, 0.25) is 0 Å². The summed E-state index contributed by atoms with van der Waals surface area (Å²) in [7, 11) is 0. The number of hydrogen-bond acceptors (Lipinski definition) is 2. The summed E-state index contributed by atoms with van der Waals surface area (Å²) in [5, 5.41) is 0. The molecular weight excluding hydrogens is 225 g/mol. The average molecular weight is 230 g/mol. The average Bonchev–Trinajstić information content (AvgIpc) is 2.25. The van der Waals surface area contributed by atoms with Crippen LogP contribution in [0.5, 0.6) is 0 Å². The SMILES string of the molecule is [N-]=[N+]=CC(=O)OCc1ccc(F)c(F)c1F. The monoisotopic (exact) mass is 230 g/mol. The molecule has 0 spiro atoms. The Morgan fingerprint density at radius 3 is 2.69 bits per heavy atom.